The lowest BCUT2D eigenvalue weighted by molar-refractivity contribution is 0.402. The molecule has 2 aromatic carbocycles. The Bertz CT molecular complexity index is 763. The molecule has 0 heterocycles. The van der Waals surface area contributed by atoms with E-state index >= 15 is 0 Å². The first-order valence-corrected chi connectivity index (χ1v) is 8.86. The lowest BCUT2D eigenvalue weighted by Gasteiger charge is -2.11. The van der Waals surface area contributed by atoms with Gasteiger partial charge in [-0.2, -0.15) is 0 Å². The highest BCUT2D eigenvalue weighted by atomic mass is 35.5. The van der Waals surface area contributed by atoms with Gasteiger partial charge < -0.3 is 4.74 Å². The fourth-order valence-electron chi connectivity index (χ4n) is 2.09. The summed E-state index contributed by atoms with van der Waals surface area (Å²) in [6.45, 7) is 0.259. The Morgan fingerprint density at radius 1 is 1.17 bits per heavy atom. The third kappa shape index (κ3) is 4.92. The van der Waals surface area contributed by atoms with Crippen molar-refractivity contribution in [1.82, 2.24) is 4.72 Å². The number of aryl methyl sites for hydroxylation is 1. The van der Waals surface area contributed by atoms with Crippen LogP contribution < -0.4 is 9.46 Å². The van der Waals surface area contributed by atoms with E-state index in [9.17, 15) is 12.8 Å². The molecule has 0 unspecified atom stereocenters. The first-order valence-electron chi connectivity index (χ1n) is 7.00. The smallest absolute Gasteiger partial charge is 0.244 e. The number of hydrogen-bond acceptors (Lipinski definition) is 3. The molecular formula is C16H17ClFNO3S. The predicted molar refractivity (Wildman–Crippen MR) is 87.9 cm³/mol. The average molecular weight is 358 g/mol. The molecule has 0 aliphatic heterocycles. The second kappa shape index (κ2) is 7.77. The van der Waals surface area contributed by atoms with Gasteiger partial charge in [0.15, 0.2) is 0 Å². The van der Waals surface area contributed by atoms with Crippen LogP contribution in [0.5, 0.6) is 5.75 Å². The summed E-state index contributed by atoms with van der Waals surface area (Å²) in [6, 6.07) is 10.6. The highest BCUT2D eigenvalue weighted by Gasteiger charge is 2.19. The maximum atomic E-state index is 12.8. The Hall–Kier alpha value is -1.63. The van der Waals surface area contributed by atoms with Gasteiger partial charge in [0.25, 0.3) is 0 Å². The Labute approximate surface area is 140 Å². The van der Waals surface area contributed by atoms with Gasteiger partial charge in [-0.1, -0.05) is 23.7 Å². The Morgan fingerprint density at radius 3 is 2.52 bits per heavy atom. The average Bonchev–Trinajstić information content (AvgIpc) is 2.53. The van der Waals surface area contributed by atoms with Crippen LogP contribution in [0.4, 0.5) is 4.39 Å². The summed E-state index contributed by atoms with van der Waals surface area (Å²) in [5.41, 5.74) is 0.950. The molecule has 23 heavy (non-hydrogen) atoms. The summed E-state index contributed by atoms with van der Waals surface area (Å²) in [5.74, 6) is -0.0528. The second-order valence-electron chi connectivity index (χ2n) is 4.92. The van der Waals surface area contributed by atoms with Crippen LogP contribution >= 0.6 is 11.6 Å². The van der Waals surface area contributed by atoms with Crippen LogP contribution in [-0.2, 0) is 16.4 Å². The van der Waals surface area contributed by atoms with Crippen molar-refractivity contribution in [3.8, 4) is 5.75 Å². The topological polar surface area (TPSA) is 55.4 Å². The van der Waals surface area contributed by atoms with E-state index in [4.69, 9.17) is 16.3 Å². The number of methoxy groups -OCH3 is 1. The molecule has 0 amide bonds. The van der Waals surface area contributed by atoms with Crippen molar-refractivity contribution in [3.05, 3.63) is 58.9 Å². The maximum absolute atomic E-state index is 12.8. The quantitative estimate of drug-likeness (QED) is 0.773. The number of benzene rings is 2. The summed E-state index contributed by atoms with van der Waals surface area (Å²) < 4.78 is 45.0. The minimum atomic E-state index is -3.71. The lowest BCUT2D eigenvalue weighted by atomic mass is 10.1. The van der Waals surface area contributed by atoms with Crippen LogP contribution in [0, 0.1) is 5.82 Å². The second-order valence-corrected chi connectivity index (χ2v) is 7.09. The Balaban J connectivity index is 1.96. The zero-order chi connectivity index (χ0) is 16.9. The third-order valence-electron chi connectivity index (χ3n) is 3.26. The van der Waals surface area contributed by atoms with Crippen LogP contribution in [0.25, 0.3) is 0 Å². The number of rotatable bonds is 7. The van der Waals surface area contributed by atoms with E-state index in [0.29, 0.717) is 17.9 Å². The van der Waals surface area contributed by atoms with Crippen LogP contribution in [-0.4, -0.2) is 22.1 Å². The van der Waals surface area contributed by atoms with Crippen LogP contribution in [0.3, 0.4) is 0 Å². The molecule has 1 N–H and O–H groups in total. The van der Waals surface area contributed by atoms with Crippen molar-refractivity contribution < 1.29 is 17.5 Å². The van der Waals surface area contributed by atoms with Crippen molar-refractivity contribution in [2.24, 2.45) is 0 Å². The van der Waals surface area contributed by atoms with E-state index < -0.39 is 10.0 Å². The van der Waals surface area contributed by atoms with Crippen molar-refractivity contribution in [3.63, 3.8) is 0 Å². The van der Waals surface area contributed by atoms with Crippen LogP contribution in [0.15, 0.2) is 47.4 Å². The van der Waals surface area contributed by atoms with E-state index in [1.807, 2.05) is 0 Å². The fourth-order valence-corrected chi connectivity index (χ4v) is 3.59. The van der Waals surface area contributed by atoms with Crippen molar-refractivity contribution >= 4 is 21.6 Å². The maximum Gasteiger partial charge on any atom is 0.244 e. The lowest BCUT2D eigenvalue weighted by Crippen LogP contribution is -2.25. The molecule has 4 nitrogen and oxygen atoms in total. The van der Waals surface area contributed by atoms with Crippen LogP contribution in [0.2, 0.25) is 5.02 Å². The molecule has 2 rings (SSSR count). The highest BCUT2D eigenvalue weighted by Crippen LogP contribution is 2.26. The van der Waals surface area contributed by atoms with Gasteiger partial charge in [0.05, 0.1) is 7.11 Å². The number of hydrogen-bond donors (Lipinski definition) is 1. The van der Waals surface area contributed by atoms with Crippen LogP contribution in [0.1, 0.15) is 12.0 Å². The van der Waals surface area contributed by atoms with Gasteiger partial charge in [-0.05, 0) is 48.7 Å². The molecule has 0 aliphatic rings. The van der Waals surface area contributed by atoms with Gasteiger partial charge in [-0.15, -0.1) is 0 Å². The molecule has 124 valence electrons. The SMILES string of the molecule is COc1ccc(Cl)cc1S(=O)(=O)NCCCc1ccc(F)cc1. The number of ether oxygens (including phenoxy) is 1. The van der Waals surface area contributed by atoms with Gasteiger partial charge in [0.1, 0.15) is 16.5 Å². The van der Waals surface area contributed by atoms with E-state index in [-0.39, 0.29) is 23.0 Å². The molecular weight excluding hydrogens is 341 g/mol. The molecule has 0 radical (unpaired) electrons. The zero-order valence-corrected chi connectivity index (χ0v) is 14.1. The molecule has 0 aromatic heterocycles. The summed E-state index contributed by atoms with van der Waals surface area (Å²) in [7, 11) is -2.31. The first kappa shape index (κ1) is 17.7. The van der Waals surface area contributed by atoms with Gasteiger partial charge >= 0.3 is 0 Å². The molecule has 0 spiro atoms. The summed E-state index contributed by atoms with van der Waals surface area (Å²) >= 11 is 5.86. The molecule has 0 atom stereocenters. The number of halogens is 2. The van der Waals surface area contributed by atoms with E-state index in [1.165, 1.54) is 31.4 Å². The standard InChI is InChI=1S/C16H17ClFNO3S/c1-22-15-9-6-13(17)11-16(15)23(20,21)19-10-2-3-12-4-7-14(18)8-5-12/h4-9,11,19H,2-3,10H2,1H3. The normalized spacial score (nSPS) is 11.4. The zero-order valence-electron chi connectivity index (χ0n) is 12.6. The van der Waals surface area contributed by atoms with E-state index in [1.54, 1.807) is 18.2 Å². The highest BCUT2D eigenvalue weighted by molar-refractivity contribution is 7.89. The third-order valence-corrected chi connectivity index (χ3v) is 4.98. The molecule has 7 heteroatoms. The molecule has 0 aliphatic carbocycles. The van der Waals surface area contributed by atoms with Crippen molar-refractivity contribution in [2.75, 3.05) is 13.7 Å². The molecule has 0 bridgehead atoms. The fraction of sp³-hybridized carbons (Fsp3) is 0.250. The summed E-state index contributed by atoms with van der Waals surface area (Å²) in [4.78, 5) is 0.00859. The molecule has 0 saturated carbocycles. The van der Waals surface area contributed by atoms with Gasteiger partial charge in [0, 0.05) is 11.6 Å². The van der Waals surface area contributed by atoms with E-state index in [0.717, 1.165) is 5.56 Å². The van der Waals surface area contributed by atoms with E-state index in [2.05, 4.69) is 4.72 Å². The summed E-state index contributed by atoms with van der Waals surface area (Å²) in [5, 5.41) is 0.317. The largest absolute Gasteiger partial charge is 0.495 e. The minimum absolute atomic E-state index is 0.00859. The van der Waals surface area contributed by atoms with Gasteiger partial charge in [-0.3, -0.25) is 0 Å². The molecule has 0 fully saturated rings. The Kier molecular flexibility index (Phi) is 5.98. The summed E-state index contributed by atoms with van der Waals surface area (Å²) in [6.07, 6.45) is 1.24. The molecule has 0 saturated heterocycles. The minimum Gasteiger partial charge on any atom is -0.495 e. The first-order chi connectivity index (χ1) is 10.9. The predicted octanol–water partition coefficient (Wildman–Crippen LogP) is 3.40. The molecule has 2 aromatic rings. The van der Waals surface area contributed by atoms with Gasteiger partial charge in [0.2, 0.25) is 10.0 Å². The monoisotopic (exact) mass is 357 g/mol. The van der Waals surface area contributed by atoms with Gasteiger partial charge in [-0.25, -0.2) is 17.5 Å². The number of nitrogens with one attached hydrogen (secondary N) is 1. The Morgan fingerprint density at radius 2 is 1.87 bits per heavy atom. The number of sulfonamides is 1. The van der Waals surface area contributed by atoms with Crippen molar-refractivity contribution in [1.29, 1.82) is 0 Å². The van der Waals surface area contributed by atoms with Crippen molar-refractivity contribution in [2.45, 2.75) is 17.7 Å².